The monoisotopic (exact) mass is 286 g/mol. The van der Waals surface area contributed by atoms with E-state index in [4.69, 9.17) is 12.2 Å². The molecule has 82 valence electrons. The quantitative estimate of drug-likeness (QED) is 0.832. The summed E-state index contributed by atoms with van der Waals surface area (Å²) in [5.74, 6) is 0. The van der Waals surface area contributed by atoms with Gasteiger partial charge in [-0.1, -0.05) is 28.9 Å². The molecule has 0 aliphatic heterocycles. The third kappa shape index (κ3) is 4.62. The maximum Gasteiger partial charge on any atom is 0.170 e. The van der Waals surface area contributed by atoms with Gasteiger partial charge in [-0.3, -0.25) is 0 Å². The number of hydrogen-bond acceptors (Lipinski definition) is 1. The molecule has 15 heavy (non-hydrogen) atoms. The normalized spacial score (nSPS) is 11.9. The Labute approximate surface area is 105 Å². The molecule has 0 heterocycles. The fourth-order valence-electron chi connectivity index (χ4n) is 1.06. The number of rotatable bonds is 3. The van der Waals surface area contributed by atoms with Gasteiger partial charge in [-0.25, -0.2) is 0 Å². The average Bonchev–Trinajstić information content (AvgIpc) is 2.17. The molecule has 1 rings (SSSR count). The van der Waals surface area contributed by atoms with Crippen molar-refractivity contribution in [1.82, 2.24) is 5.32 Å². The third-order valence-electron chi connectivity index (χ3n) is 2.07. The molecule has 0 fully saturated rings. The van der Waals surface area contributed by atoms with Crippen molar-refractivity contribution in [3.05, 3.63) is 28.7 Å². The Morgan fingerprint density at radius 3 is 2.87 bits per heavy atom. The van der Waals surface area contributed by atoms with Crippen molar-refractivity contribution in [1.29, 1.82) is 0 Å². The van der Waals surface area contributed by atoms with Crippen LogP contribution in [0.4, 0.5) is 5.69 Å². The summed E-state index contributed by atoms with van der Waals surface area (Å²) in [6, 6.07) is 8.33. The second-order valence-electron chi connectivity index (χ2n) is 3.42. The molecule has 4 heteroatoms. The van der Waals surface area contributed by atoms with Crippen LogP contribution in [0.2, 0.25) is 0 Å². The molecule has 1 atom stereocenters. The number of halogens is 1. The predicted molar refractivity (Wildman–Crippen MR) is 73.3 cm³/mol. The summed E-state index contributed by atoms with van der Waals surface area (Å²) in [7, 11) is 0. The summed E-state index contributed by atoms with van der Waals surface area (Å²) in [5, 5.41) is 7.01. The molecule has 2 N–H and O–H groups in total. The van der Waals surface area contributed by atoms with E-state index >= 15 is 0 Å². The van der Waals surface area contributed by atoms with Gasteiger partial charge >= 0.3 is 0 Å². The fraction of sp³-hybridized carbons (Fsp3) is 0.364. The van der Waals surface area contributed by atoms with Crippen LogP contribution in [-0.4, -0.2) is 11.2 Å². The molecule has 0 saturated heterocycles. The number of hydrogen-bond donors (Lipinski definition) is 2. The maximum atomic E-state index is 5.18. The molecule has 0 aliphatic carbocycles. The first-order valence-electron chi connectivity index (χ1n) is 4.95. The van der Waals surface area contributed by atoms with E-state index < -0.39 is 0 Å². The summed E-state index contributed by atoms with van der Waals surface area (Å²) in [6.45, 7) is 4.23. The van der Waals surface area contributed by atoms with E-state index in [1.54, 1.807) is 0 Å². The van der Waals surface area contributed by atoms with Crippen molar-refractivity contribution in [2.24, 2.45) is 0 Å². The van der Waals surface area contributed by atoms with Gasteiger partial charge in [-0.2, -0.15) is 0 Å². The first kappa shape index (κ1) is 12.5. The van der Waals surface area contributed by atoms with Crippen LogP contribution < -0.4 is 10.6 Å². The summed E-state index contributed by atoms with van der Waals surface area (Å²) >= 11 is 8.60. The zero-order chi connectivity index (χ0) is 11.3. The van der Waals surface area contributed by atoms with Crippen molar-refractivity contribution in [2.75, 3.05) is 5.32 Å². The molecular formula is C11H15BrN2S. The van der Waals surface area contributed by atoms with Crippen molar-refractivity contribution in [3.8, 4) is 0 Å². The van der Waals surface area contributed by atoms with Gasteiger partial charge in [0, 0.05) is 16.2 Å². The van der Waals surface area contributed by atoms with Crippen molar-refractivity contribution < 1.29 is 0 Å². The first-order valence-corrected chi connectivity index (χ1v) is 6.15. The van der Waals surface area contributed by atoms with Crippen LogP contribution in [0.1, 0.15) is 20.3 Å². The third-order valence-corrected chi connectivity index (χ3v) is 2.79. The minimum Gasteiger partial charge on any atom is -0.360 e. The molecule has 0 aromatic heterocycles. The van der Waals surface area contributed by atoms with Gasteiger partial charge in [0.15, 0.2) is 5.11 Å². The van der Waals surface area contributed by atoms with Crippen LogP contribution in [0.25, 0.3) is 0 Å². The average molecular weight is 287 g/mol. The van der Waals surface area contributed by atoms with Crippen LogP contribution in [0.3, 0.4) is 0 Å². The Balaban J connectivity index is 2.51. The largest absolute Gasteiger partial charge is 0.360 e. The SMILES string of the molecule is CC[C@@H](C)NC(=S)Nc1cccc(Br)c1. The van der Waals surface area contributed by atoms with E-state index in [-0.39, 0.29) is 0 Å². The molecule has 0 saturated carbocycles. The molecule has 0 radical (unpaired) electrons. The van der Waals surface area contributed by atoms with Gasteiger partial charge in [0.1, 0.15) is 0 Å². The van der Waals surface area contributed by atoms with Gasteiger partial charge in [-0.05, 0) is 43.8 Å². The summed E-state index contributed by atoms with van der Waals surface area (Å²) in [4.78, 5) is 0. The van der Waals surface area contributed by atoms with Crippen LogP contribution in [-0.2, 0) is 0 Å². The van der Waals surface area contributed by atoms with Gasteiger partial charge < -0.3 is 10.6 Å². The Kier molecular flexibility index (Phi) is 5.05. The van der Waals surface area contributed by atoms with E-state index in [1.807, 2.05) is 24.3 Å². The lowest BCUT2D eigenvalue weighted by Crippen LogP contribution is -2.35. The van der Waals surface area contributed by atoms with Crippen LogP contribution in [0.15, 0.2) is 28.7 Å². The Morgan fingerprint density at radius 1 is 1.53 bits per heavy atom. The van der Waals surface area contributed by atoms with E-state index in [0.29, 0.717) is 11.2 Å². The number of nitrogens with one attached hydrogen (secondary N) is 2. The lowest BCUT2D eigenvalue weighted by atomic mass is 10.3. The van der Waals surface area contributed by atoms with Crippen molar-refractivity contribution in [3.63, 3.8) is 0 Å². The highest BCUT2D eigenvalue weighted by atomic mass is 79.9. The maximum absolute atomic E-state index is 5.18. The van der Waals surface area contributed by atoms with Crippen molar-refractivity contribution >= 4 is 38.9 Å². The second-order valence-corrected chi connectivity index (χ2v) is 4.74. The highest BCUT2D eigenvalue weighted by molar-refractivity contribution is 9.10. The van der Waals surface area contributed by atoms with E-state index in [2.05, 4.69) is 40.4 Å². The smallest absolute Gasteiger partial charge is 0.170 e. The summed E-state index contributed by atoms with van der Waals surface area (Å²) in [6.07, 6.45) is 1.06. The van der Waals surface area contributed by atoms with Crippen LogP contribution in [0, 0.1) is 0 Å². The molecule has 0 spiro atoms. The Hall–Kier alpha value is -0.610. The van der Waals surface area contributed by atoms with Crippen LogP contribution >= 0.6 is 28.1 Å². The van der Waals surface area contributed by atoms with Gasteiger partial charge in [0.25, 0.3) is 0 Å². The minimum atomic E-state index is 0.400. The Bertz CT molecular complexity index is 341. The summed E-state index contributed by atoms with van der Waals surface area (Å²) in [5.41, 5.74) is 0.991. The topological polar surface area (TPSA) is 24.1 Å². The van der Waals surface area contributed by atoms with E-state index in [1.165, 1.54) is 0 Å². The fourth-order valence-corrected chi connectivity index (χ4v) is 1.78. The van der Waals surface area contributed by atoms with Gasteiger partial charge in [-0.15, -0.1) is 0 Å². The molecule has 0 bridgehead atoms. The van der Waals surface area contributed by atoms with E-state index in [0.717, 1.165) is 16.6 Å². The number of thiocarbonyl (C=S) groups is 1. The molecular weight excluding hydrogens is 272 g/mol. The molecule has 1 aromatic carbocycles. The number of benzene rings is 1. The molecule has 2 nitrogen and oxygen atoms in total. The van der Waals surface area contributed by atoms with Gasteiger partial charge in [0.2, 0.25) is 0 Å². The predicted octanol–water partition coefficient (Wildman–Crippen LogP) is 3.53. The lowest BCUT2D eigenvalue weighted by molar-refractivity contribution is 0.646. The lowest BCUT2D eigenvalue weighted by Gasteiger charge is -2.15. The highest BCUT2D eigenvalue weighted by Gasteiger charge is 2.01. The van der Waals surface area contributed by atoms with E-state index in [9.17, 15) is 0 Å². The molecule has 1 aromatic rings. The number of anilines is 1. The first-order chi connectivity index (χ1) is 7.11. The Morgan fingerprint density at radius 2 is 2.27 bits per heavy atom. The van der Waals surface area contributed by atoms with Crippen molar-refractivity contribution in [2.45, 2.75) is 26.3 Å². The summed E-state index contributed by atoms with van der Waals surface area (Å²) < 4.78 is 1.04. The minimum absolute atomic E-state index is 0.400. The standard InChI is InChI=1S/C11H15BrN2S/c1-3-8(2)13-11(15)14-10-6-4-5-9(12)7-10/h4-8H,3H2,1-2H3,(H2,13,14,15)/t8-/m1/s1. The van der Waals surface area contributed by atoms with Gasteiger partial charge in [0.05, 0.1) is 0 Å². The molecule has 0 amide bonds. The highest BCUT2D eigenvalue weighted by Crippen LogP contribution is 2.15. The second kappa shape index (κ2) is 6.08. The zero-order valence-electron chi connectivity index (χ0n) is 8.88. The zero-order valence-corrected chi connectivity index (χ0v) is 11.3. The molecule has 0 aliphatic rings. The molecule has 0 unspecified atom stereocenters. The van der Waals surface area contributed by atoms with Crippen LogP contribution in [0.5, 0.6) is 0 Å².